The van der Waals surface area contributed by atoms with Gasteiger partial charge in [0.15, 0.2) is 0 Å². The van der Waals surface area contributed by atoms with Crippen LogP contribution in [0.25, 0.3) is 5.69 Å². The Morgan fingerprint density at radius 3 is 2.34 bits per heavy atom. The fraction of sp³-hybridized carbons (Fsp3) is 0.267. The molecule has 1 aliphatic heterocycles. The number of halogens is 1. The molecule has 2 N–H and O–H groups in total. The lowest BCUT2D eigenvalue weighted by atomic mass is 10.1. The predicted molar refractivity (Wildman–Crippen MR) is 158 cm³/mol. The van der Waals surface area contributed by atoms with Crippen molar-refractivity contribution in [3.8, 4) is 22.9 Å². The maximum absolute atomic E-state index is 13.3. The molecule has 0 bridgehead atoms. The third-order valence-electron chi connectivity index (χ3n) is 7.08. The van der Waals surface area contributed by atoms with Crippen molar-refractivity contribution in [1.82, 2.24) is 24.6 Å². The number of rotatable bonds is 7. The van der Waals surface area contributed by atoms with Gasteiger partial charge in [-0.15, -0.1) is 0 Å². The first-order chi connectivity index (χ1) is 19.7. The summed E-state index contributed by atoms with van der Waals surface area (Å²) in [5.41, 5.74) is 1.20. The monoisotopic (exact) mass is 619 g/mol. The van der Waals surface area contributed by atoms with Gasteiger partial charge in [-0.3, -0.25) is 19.5 Å². The zero-order chi connectivity index (χ0) is 29.1. The number of carbonyl (C=O) groups excluding carboxylic acids is 1. The van der Waals surface area contributed by atoms with E-state index in [0.29, 0.717) is 59.0 Å². The molecule has 11 heteroatoms. The van der Waals surface area contributed by atoms with Crippen LogP contribution in [0.1, 0.15) is 27.2 Å². The van der Waals surface area contributed by atoms with Gasteiger partial charge < -0.3 is 14.7 Å². The number of amides is 1. The lowest BCUT2D eigenvalue weighted by Crippen LogP contribution is -2.51. The number of piperazine rings is 1. The maximum Gasteiger partial charge on any atom is 0.349 e. The molecule has 0 unspecified atom stereocenters. The minimum atomic E-state index is -0.811. The van der Waals surface area contributed by atoms with Crippen LogP contribution in [-0.2, 0) is 6.42 Å². The number of phenols is 1. The lowest BCUT2D eigenvalue weighted by molar-refractivity contribution is 0.0628. The number of nitrogens with zero attached hydrogens (tertiary/aromatic N) is 4. The first kappa shape index (κ1) is 28.3. The number of aromatic hydroxyl groups is 1. The van der Waals surface area contributed by atoms with Crippen molar-refractivity contribution in [3.05, 3.63) is 108 Å². The number of phenolic OH excluding ortho intramolecular Hbond substituents is 1. The number of hydrogen-bond donors (Lipinski definition) is 2. The molecule has 10 nitrogen and oxygen atoms in total. The number of ether oxygens (including phenoxy) is 1. The number of aromatic nitrogens is 3. The van der Waals surface area contributed by atoms with Crippen LogP contribution in [0.3, 0.4) is 0 Å². The largest absolute Gasteiger partial charge is 0.507 e. The average molecular weight is 621 g/mol. The van der Waals surface area contributed by atoms with E-state index in [0.717, 1.165) is 17.6 Å². The second-order valence-corrected chi connectivity index (χ2v) is 10.9. The summed E-state index contributed by atoms with van der Waals surface area (Å²) >= 11 is 3.28. The van der Waals surface area contributed by atoms with E-state index in [9.17, 15) is 19.5 Å². The molecule has 0 radical (unpaired) electrons. The van der Waals surface area contributed by atoms with Crippen molar-refractivity contribution >= 4 is 21.8 Å². The lowest BCUT2D eigenvalue weighted by Gasteiger charge is -2.34. The fourth-order valence-electron chi connectivity index (χ4n) is 4.85. The third-order valence-corrected chi connectivity index (χ3v) is 7.71. The molecule has 1 aliphatic rings. The van der Waals surface area contributed by atoms with Gasteiger partial charge in [0.25, 0.3) is 11.5 Å². The van der Waals surface area contributed by atoms with Crippen LogP contribution >= 0.6 is 15.9 Å². The van der Waals surface area contributed by atoms with E-state index < -0.39 is 17.2 Å². The Bertz CT molecular complexity index is 1670. The molecule has 0 aliphatic carbocycles. The Morgan fingerprint density at radius 2 is 1.68 bits per heavy atom. The molecule has 1 amide bonds. The first-order valence-electron chi connectivity index (χ1n) is 13.3. The van der Waals surface area contributed by atoms with E-state index in [1.165, 1.54) is 11.6 Å². The number of benzene rings is 3. The van der Waals surface area contributed by atoms with Gasteiger partial charge in [-0.05, 0) is 83.2 Å². The zero-order valence-corrected chi connectivity index (χ0v) is 24.3. The summed E-state index contributed by atoms with van der Waals surface area (Å²) < 4.78 is 7.57. The molecule has 0 atom stereocenters. The van der Waals surface area contributed by atoms with Crippen LogP contribution < -0.4 is 16.0 Å². The van der Waals surface area contributed by atoms with Crippen molar-refractivity contribution in [2.24, 2.45) is 0 Å². The molecule has 5 rings (SSSR count). The average Bonchev–Trinajstić information content (AvgIpc) is 2.96. The molecule has 1 saturated heterocycles. The summed E-state index contributed by atoms with van der Waals surface area (Å²) in [4.78, 5) is 44.8. The summed E-state index contributed by atoms with van der Waals surface area (Å²) in [6.45, 7) is 6.83. The van der Waals surface area contributed by atoms with Gasteiger partial charge in [0.2, 0.25) is 5.69 Å². The van der Waals surface area contributed by atoms with Gasteiger partial charge in [0, 0.05) is 32.7 Å². The van der Waals surface area contributed by atoms with Crippen molar-refractivity contribution < 1.29 is 14.6 Å². The summed E-state index contributed by atoms with van der Waals surface area (Å²) in [7, 11) is 0. The highest BCUT2D eigenvalue weighted by Gasteiger charge is 2.26. The molecular weight excluding hydrogens is 590 g/mol. The van der Waals surface area contributed by atoms with Crippen molar-refractivity contribution in [2.45, 2.75) is 20.3 Å². The van der Waals surface area contributed by atoms with E-state index in [2.05, 4.69) is 43.0 Å². The highest BCUT2D eigenvalue weighted by Crippen LogP contribution is 2.34. The van der Waals surface area contributed by atoms with Crippen LogP contribution in [-0.4, -0.2) is 68.3 Å². The van der Waals surface area contributed by atoms with Crippen molar-refractivity contribution in [1.29, 1.82) is 0 Å². The summed E-state index contributed by atoms with van der Waals surface area (Å²) in [6.07, 6.45) is 0.927. The van der Waals surface area contributed by atoms with Crippen LogP contribution in [0.5, 0.6) is 17.2 Å². The van der Waals surface area contributed by atoms with Crippen LogP contribution in [0, 0.1) is 13.8 Å². The zero-order valence-electron chi connectivity index (χ0n) is 22.8. The Morgan fingerprint density at radius 1 is 1.00 bits per heavy atom. The maximum atomic E-state index is 13.3. The molecular formula is C30H30BrN5O5. The molecule has 1 fully saturated rings. The molecule has 0 saturated carbocycles. The molecule has 212 valence electrons. The minimum absolute atomic E-state index is 0.0972. The van der Waals surface area contributed by atoms with E-state index in [1.807, 2.05) is 32.0 Å². The number of aromatic amines is 1. The van der Waals surface area contributed by atoms with E-state index in [4.69, 9.17) is 4.74 Å². The van der Waals surface area contributed by atoms with Gasteiger partial charge in [0.05, 0.1) is 10.2 Å². The van der Waals surface area contributed by atoms with E-state index >= 15 is 0 Å². The molecule has 4 aromatic rings. The fourth-order valence-corrected chi connectivity index (χ4v) is 5.21. The van der Waals surface area contributed by atoms with Crippen LogP contribution in [0.4, 0.5) is 0 Å². The second kappa shape index (κ2) is 12.1. The van der Waals surface area contributed by atoms with Gasteiger partial charge in [0.1, 0.15) is 17.2 Å². The van der Waals surface area contributed by atoms with Gasteiger partial charge >= 0.3 is 5.69 Å². The number of H-pyrrole nitrogens is 1. The normalized spacial score (nSPS) is 13.8. The number of hydrogen-bond acceptors (Lipinski definition) is 7. The SMILES string of the molecule is Cc1cc(-n2nc(C(=O)N3CCN(CCc4ccccc4)CC3)c(=O)[nH]c2=O)cc(C)c1Oc1ccc(O)c(Br)c1. The Labute approximate surface area is 244 Å². The third kappa shape index (κ3) is 6.41. The smallest absolute Gasteiger partial charge is 0.349 e. The quantitative estimate of drug-likeness (QED) is 0.323. The van der Waals surface area contributed by atoms with E-state index in [-0.39, 0.29) is 11.4 Å². The number of aryl methyl sites for hydroxylation is 2. The van der Waals surface area contributed by atoms with Gasteiger partial charge in [-0.1, -0.05) is 30.3 Å². The first-order valence-corrected chi connectivity index (χ1v) is 14.1. The Hall–Kier alpha value is -4.22. The predicted octanol–water partition coefficient (Wildman–Crippen LogP) is 3.80. The van der Waals surface area contributed by atoms with Crippen molar-refractivity contribution in [2.75, 3.05) is 32.7 Å². The Kier molecular flexibility index (Phi) is 8.36. The van der Waals surface area contributed by atoms with Gasteiger partial charge in [-0.2, -0.15) is 9.78 Å². The topological polar surface area (TPSA) is 121 Å². The highest BCUT2D eigenvalue weighted by molar-refractivity contribution is 9.10. The highest BCUT2D eigenvalue weighted by atomic mass is 79.9. The molecule has 2 heterocycles. The van der Waals surface area contributed by atoms with Crippen molar-refractivity contribution in [3.63, 3.8) is 0 Å². The summed E-state index contributed by atoms with van der Waals surface area (Å²) in [5, 5.41) is 14.0. The van der Waals surface area contributed by atoms with Gasteiger partial charge in [-0.25, -0.2) is 4.79 Å². The molecule has 1 aromatic heterocycles. The Balaban J connectivity index is 1.32. The van der Waals surface area contributed by atoms with Crippen LogP contribution in [0.2, 0.25) is 0 Å². The molecule has 0 spiro atoms. The molecule has 3 aromatic carbocycles. The van der Waals surface area contributed by atoms with E-state index in [1.54, 1.807) is 29.2 Å². The number of carbonyl (C=O) groups is 1. The minimum Gasteiger partial charge on any atom is -0.507 e. The second-order valence-electron chi connectivity index (χ2n) is 10.0. The van der Waals surface area contributed by atoms with Crippen LogP contribution in [0.15, 0.2) is 74.7 Å². The molecule has 41 heavy (non-hydrogen) atoms. The number of nitrogens with one attached hydrogen (secondary N) is 1. The summed E-state index contributed by atoms with van der Waals surface area (Å²) in [6, 6.07) is 18.5. The summed E-state index contributed by atoms with van der Waals surface area (Å²) in [5.74, 6) is 0.681. The standard InChI is InChI=1S/C30H30BrN5O5/c1-19-16-22(17-20(2)27(19)41-23-8-9-25(37)24(31)18-23)36-30(40)32-28(38)26(33-36)29(39)35-14-12-34(13-15-35)11-10-21-6-4-3-5-7-21/h3-9,16-18,37H,10-15H2,1-2H3,(H,32,38,40).